The number of nitrogens with zero attached hydrogens (tertiary/aromatic N) is 2. The zero-order chi connectivity index (χ0) is 29.1. The van der Waals surface area contributed by atoms with E-state index in [1.54, 1.807) is 57.5 Å². The predicted octanol–water partition coefficient (Wildman–Crippen LogP) is 13.0. The first-order valence-electron chi connectivity index (χ1n) is 13.5. The van der Waals surface area contributed by atoms with Crippen molar-refractivity contribution < 1.29 is 8.78 Å². The highest BCUT2D eigenvalue weighted by Crippen LogP contribution is 2.44. The first-order chi connectivity index (χ1) is 21.5. The van der Waals surface area contributed by atoms with Crippen LogP contribution in [0.5, 0.6) is 0 Å². The van der Waals surface area contributed by atoms with Crippen molar-refractivity contribution >= 4 is 130 Å². The van der Waals surface area contributed by atoms with E-state index in [0.29, 0.717) is 0 Å². The molecule has 210 valence electrons. The van der Waals surface area contributed by atoms with Crippen LogP contribution in [-0.2, 0) is 0 Å². The smallest absolute Gasteiger partial charge is 0.177 e. The third-order valence-corrected chi connectivity index (χ3v) is 14.3. The molecule has 0 aliphatic carbocycles. The van der Waals surface area contributed by atoms with Crippen molar-refractivity contribution in [3.8, 4) is 29.5 Å². The Hall–Kier alpha value is -3.64. The molecular weight excluding hydrogens is 667 g/mol. The zero-order valence-electron chi connectivity index (χ0n) is 22.2. The number of halogens is 2. The van der Waals surface area contributed by atoms with E-state index in [-0.39, 0.29) is 10.3 Å². The van der Waals surface area contributed by atoms with Gasteiger partial charge in [0, 0.05) is 40.9 Å². The molecule has 0 saturated heterocycles. The molecule has 0 spiro atoms. The first kappa shape index (κ1) is 25.7. The molecular formula is C34H14F2N2S6. The zero-order valence-corrected chi connectivity index (χ0v) is 27.1. The third kappa shape index (κ3) is 4.09. The Kier molecular flexibility index (Phi) is 5.50. The Morgan fingerprint density at radius 1 is 0.341 bits per heavy atom. The number of benzene rings is 4. The van der Waals surface area contributed by atoms with Crippen molar-refractivity contribution in [2.75, 3.05) is 0 Å². The molecule has 0 radical (unpaired) electrons. The van der Waals surface area contributed by atoms with Gasteiger partial charge in [0.15, 0.2) is 20.3 Å². The van der Waals surface area contributed by atoms with Crippen LogP contribution in [-0.4, -0.2) is 9.97 Å². The lowest BCUT2D eigenvalue weighted by atomic mass is 10.1. The van der Waals surface area contributed by atoms with Crippen LogP contribution in [0.4, 0.5) is 8.78 Å². The van der Waals surface area contributed by atoms with Gasteiger partial charge in [-0.1, -0.05) is 0 Å². The second kappa shape index (κ2) is 9.43. The van der Waals surface area contributed by atoms with E-state index in [1.165, 1.54) is 52.6 Å². The summed E-state index contributed by atoms with van der Waals surface area (Å²) in [6, 6.07) is 24.8. The minimum atomic E-state index is -0.148. The maximum absolute atomic E-state index is 13.8. The molecule has 0 aliphatic rings. The molecule has 6 heterocycles. The predicted molar refractivity (Wildman–Crippen MR) is 191 cm³/mol. The van der Waals surface area contributed by atoms with Gasteiger partial charge < -0.3 is 0 Å². The second-order valence-electron chi connectivity index (χ2n) is 10.6. The summed E-state index contributed by atoms with van der Waals surface area (Å²) in [5.74, 6) is 0. The van der Waals surface area contributed by atoms with Crippen molar-refractivity contribution in [3.63, 3.8) is 0 Å². The fraction of sp³-hybridized carbons (Fsp3) is 0. The molecule has 44 heavy (non-hydrogen) atoms. The molecule has 2 nitrogen and oxygen atoms in total. The molecule has 0 unspecified atom stereocenters. The number of aromatic nitrogens is 2. The fourth-order valence-corrected chi connectivity index (χ4v) is 11.6. The van der Waals surface area contributed by atoms with Crippen molar-refractivity contribution in [2.45, 2.75) is 0 Å². The minimum Gasteiger partial charge on any atom is -0.241 e. The van der Waals surface area contributed by atoms with Gasteiger partial charge in [0.05, 0.1) is 9.75 Å². The minimum absolute atomic E-state index is 0.148. The average Bonchev–Trinajstić information content (AvgIpc) is 3.83. The van der Waals surface area contributed by atoms with Crippen molar-refractivity contribution in [1.29, 1.82) is 0 Å². The van der Waals surface area contributed by atoms with Crippen LogP contribution < -0.4 is 0 Å². The van der Waals surface area contributed by atoms with Crippen LogP contribution in [0.15, 0.2) is 85.2 Å². The molecule has 6 aromatic heterocycles. The largest absolute Gasteiger partial charge is 0.241 e. The summed E-state index contributed by atoms with van der Waals surface area (Å²) >= 11 is 9.23. The van der Waals surface area contributed by atoms with Crippen LogP contribution in [0.25, 0.3) is 91.4 Å². The van der Waals surface area contributed by atoms with Crippen molar-refractivity contribution in [2.24, 2.45) is 0 Å². The van der Waals surface area contributed by atoms with Crippen molar-refractivity contribution in [3.05, 3.63) is 95.5 Å². The van der Waals surface area contributed by atoms with Gasteiger partial charge in [-0.05, 0) is 116 Å². The molecule has 0 amide bonds. The second-order valence-corrected chi connectivity index (χ2v) is 16.9. The van der Waals surface area contributed by atoms with Crippen LogP contribution in [0.1, 0.15) is 0 Å². The molecule has 10 heteroatoms. The normalized spacial score (nSPS) is 12.3. The molecule has 0 N–H and O–H groups in total. The van der Waals surface area contributed by atoms with Crippen LogP contribution in [0, 0.1) is 10.3 Å². The highest BCUT2D eigenvalue weighted by atomic mass is 32.1. The first-order valence-corrected chi connectivity index (χ1v) is 18.4. The fourth-order valence-electron chi connectivity index (χ4n) is 5.80. The molecule has 10 aromatic rings. The molecule has 4 aromatic carbocycles. The van der Waals surface area contributed by atoms with E-state index in [0.717, 1.165) is 61.5 Å². The van der Waals surface area contributed by atoms with Gasteiger partial charge in [0.1, 0.15) is 0 Å². The molecule has 0 atom stereocenters. The molecule has 0 bridgehead atoms. The third-order valence-electron chi connectivity index (χ3n) is 7.84. The molecule has 10 rings (SSSR count). The highest BCUT2D eigenvalue weighted by Gasteiger charge is 2.16. The number of rotatable bonds is 3. The Morgan fingerprint density at radius 3 is 1.11 bits per heavy atom. The summed E-state index contributed by atoms with van der Waals surface area (Å²) < 4.78 is 31.9. The number of hydrogen-bond donors (Lipinski definition) is 0. The van der Waals surface area contributed by atoms with Gasteiger partial charge >= 0.3 is 0 Å². The Labute approximate surface area is 271 Å². The number of thiazole rings is 2. The van der Waals surface area contributed by atoms with E-state index in [1.807, 2.05) is 12.4 Å². The van der Waals surface area contributed by atoms with Crippen LogP contribution in [0.2, 0.25) is 0 Å². The number of hydrogen-bond acceptors (Lipinski definition) is 8. The quantitative estimate of drug-likeness (QED) is 0.186. The monoisotopic (exact) mass is 680 g/mol. The van der Waals surface area contributed by atoms with Gasteiger partial charge in [-0.15, -0.1) is 68.0 Å². The summed E-state index contributed by atoms with van der Waals surface area (Å²) in [6.07, 6.45) is 3.90. The summed E-state index contributed by atoms with van der Waals surface area (Å²) in [5, 5.41) is 10.3. The van der Waals surface area contributed by atoms with Crippen LogP contribution in [0.3, 0.4) is 0 Å². The molecule has 0 aliphatic heterocycles. The lowest BCUT2D eigenvalue weighted by molar-refractivity contribution is 0.658. The summed E-state index contributed by atoms with van der Waals surface area (Å²) in [4.78, 5) is 14.1. The topological polar surface area (TPSA) is 25.8 Å². The van der Waals surface area contributed by atoms with Gasteiger partial charge in [-0.3, -0.25) is 0 Å². The molecule has 0 fully saturated rings. The van der Waals surface area contributed by atoms with E-state index in [9.17, 15) is 8.78 Å². The molecule has 0 saturated carbocycles. The van der Waals surface area contributed by atoms with Gasteiger partial charge in [0.25, 0.3) is 0 Å². The highest BCUT2D eigenvalue weighted by molar-refractivity contribution is 7.30. The van der Waals surface area contributed by atoms with Gasteiger partial charge in [-0.25, -0.2) is 9.97 Å². The van der Waals surface area contributed by atoms with E-state index < -0.39 is 0 Å². The van der Waals surface area contributed by atoms with Crippen molar-refractivity contribution in [1.82, 2.24) is 9.97 Å². The lowest BCUT2D eigenvalue weighted by Crippen LogP contribution is -1.72. The number of thiophene rings is 4. The number of fused-ring (bicyclic) bond motifs is 6. The Bertz CT molecular complexity index is 2440. The maximum Gasteiger partial charge on any atom is 0.177 e. The Balaban J connectivity index is 0.974. The maximum atomic E-state index is 13.8. The van der Waals surface area contributed by atoms with E-state index in [4.69, 9.17) is 9.97 Å². The standard InChI is InChI=1S/C34H14F2N2S6/c35-31-11-21-3-17-5-23-19(1-15(17)7-25(21)41-31)9-27(39-23)29-13-37-33(43-29)34-38-14-30(44-34)28-10-20-2-16-8-26-22(12-32(36)42-26)4-18(16)6-24(20)40-28/h1-14H. The lowest BCUT2D eigenvalue weighted by Gasteiger charge is -1.99. The SMILES string of the molecule is Fc1cc2cc3cc4sc(-c5cnc(-c6ncc(-c7cc8cc9cc%10sc(F)cc%10cc9cc8s7)s6)s5)cc4cc3cc2s1. The average molecular weight is 681 g/mol. The van der Waals surface area contributed by atoms with E-state index >= 15 is 0 Å². The summed E-state index contributed by atoms with van der Waals surface area (Å²) in [6.45, 7) is 0. The summed E-state index contributed by atoms with van der Waals surface area (Å²) in [5.41, 5.74) is 0. The Morgan fingerprint density at radius 2 is 0.705 bits per heavy atom. The van der Waals surface area contributed by atoms with Crippen LogP contribution >= 0.6 is 68.0 Å². The van der Waals surface area contributed by atoms with Gasteiger partial charge in [0.2, 0.25) is 0 Å². The van der Waals surface area contributed by atoms with E-state index in [2.05, 4.69) is 60.7 Å². The van der Waals surface area contributed by atoms with Gasteiger partial charge in [-0.2, -0.15) is 8.78 Å². The summed E-state index contributed by atoms with van der Waals surface area (Å²) in [7, 11) is 0.